The van der Waals surface area contributed by atoms with E-state index in [1.54, 1.807) is 18.2 Å². The van der Waals surface area contributed by atoms with Crippen LogP contribution in [0.1, 0.15) is 23.7 Å². The average molecular weight is 220 g/mol. The molecule has 1 heterocycles. The Balaban J connectivity index is 2.37. The van der Waals surface area contributed by atoms with Gasteiger partial charge in [0, 0.05) is 18.8 Å². The Morgan fingerprint density at radius 3 is 2.88 bits per heavy atom. The largest absolute Gasteiger partial charge is 0.478 e. The molecule has 0 radical (unpaired) electrons. The highest BCUT2D eigenvalue weighted by molar-refractivity contribution is 5.95. The highest BCUT2D eigenvalue weighted by Crippen LogP contribution is 2.28. The molecular weight excluding hydrogens is 204 g/mol. The summed E-state index contributed by atoms with van der Waals surface area (Å²) in [5.41, 5.74) is 7.40. The van der Waals surface area contributed by atoms with Crippen LogP contribution < -0.4 is 10.6 Å². The highest BCUT2D eigenvalue weighted by Gasteiger charge is 2.23. The Labute approximate surface area is 94.7 Å². The number of carbonyl (C=O) groups is 1. The van der Waals surface area contributed by atoms with Gasteiger partial charge in [-0.1, -0.05) is 6.92 Å². The van der Waals surface area contributed by atoms with Crippen LogP contribution in [-0.2, 0) is 0 Å². The maximum absolute atomic E-state index is 11.1. The lowest BCUT2D eigenvalue weighted by atomic mass is 10.1. The minimum Gasteiger partial charge on any atom is -0.478 e. The molecule has 3 N–H and O–H groups in total. The van der Waals surface area contributed by atoms with Gasteiger partial charge in [0.05, 0.1) is 11.3 Å². The zero-order chi connectivity index (χ0) is 11.7. The van der Waals surface area contributed by atoms with Gasteiger partial charge in [-0.25, -0.2) is 4.79 Å². The van der Waals surface area contributed by atoms with E-state index in [2.05, 4.69) is 11.8 Å². The molecule has 0 aliphatic carbocycles. The Morgan fingerprint density at radius 1 is 1.56 bits per heavy atom. The van der Waals surface area contributed by atoms with Crippen LogP contribution in [0.15, 0.2) is 18.2 Å². The normalized spacial score (nSPS) is 20.1. The van der Waals surface area contributed by atoms with Gasteiger partial charge in [0.25, 0.3) is 0 Å². The average Bonchev–Trinajstić information content (AvgIpc) is 2.64. The molecule has 16 heavy (non-hydrogen) atoms. The molecule has 1 unspecified atom stereocenters. The second-order valence-corrected chi connectivity index (χ2v) is 4.42. The molecule has 2 rings (SSSR count). The SMILES string of the molecule is CC1CCN(c2cc(N)ccc2C(=O)O)C1. The van der Waals surface area contributed by atoms with E-state index in [4.69, 9.17) is 10.8 Å². The zero-order valence-corrected chi connectivity index (χ0v) is 9.31. The summed E-state index contributed by atoms with van der Waals surface area (Å²) in [6.45, 7) is 3.99. The molecule has 0 saturated carbocycles. The minimum absolute atomic E-state index is 0.336. The van der Waals surface area contributed by atoms with Crippen molar-refractivity contribution in [1.82, 2.24) is 0 Å². The molecule has 1 aliphatic heterocycles. The molecule has 1 aliphatic rings. The van der Waals surface area contributed by atoms with Crippen molar-refractivity contribution in [1.29, 1.82) is 0 Å². The number of benzene rings is 1. The lowest BCUT2D eigenvalue weighted by Gasteiger charge is -2.20. The number of nitrogens with two attached hydrogens (primary N) is 1. The van der Waals surface area contributed by atoms with E-state index in [0.29, 0.717) is 17.2 Å². The number of nitrogen functional groups attached to an aromatic ring is 1. The first kappa shape index (κ1) is 10.8. The lowest BCUT2D eigenvalue weighted by molar-refractivity contribution is 0.0697. The van der Waals surface area contributed by atoms with E-state index in [9.17, 15) is 4.79 Å². The van der Waals surface area contributed by atoms with Crippen molar-refractivity contribution >= 4 is 17.3 Å². The van der Waals surface area contributed by atoms with Crippen LogP contribution in [0.4, 0.5) is 11.4 Å². The maximum Gasteiger partial charge on any atom is 0.337 e. The molecular formula is C12H16N2O2. The topological polar surface area (TPSA) is 66.6 Å². The fourth-order valence-corrected chi connectivity index (χ4v) is 2.14. The number of hydrogen-bond acceptors (Lipinski definition) is 3. The summed E-state index contributed by atoms with van der Waals surface area (Å²) in [5.74, 6) is -0.280. The van der Waals surface area contributed by atoms with Gasteiger partial charge in [-0.3, -0.25) is 0 Å². The van der Waals surface area contributed by atoms with E-state index in [0.717, 1.165) is 25.2 Å². The first-order valence-electron chi connectivity index (χ1n) is 5.45. The number of aromatic carboxylic acids is 1. The zero-order valence-electron chi connectivity index (χ0n) is 9.31. The smallest absolute Gasteiger partial charge is 0.337 e. The number of nitrogens with zero attached hydrogens (tertiary/aromatic N) is 1. The van der Waals surface area contributed by atoms with Crippen molar-refractivity contribution in [2.45, 2.75) is 13.3 Å². The molecule has 1 fully saturated rings. The number of hydrogen-bond donors (Lipinski definition) is 2. The third kappa shape index (κ3) is 1.96. The van der Waals surface area contributed by atoms with Crippen molar-refractivity contribution in [2.75, 3.05) is 23.7 Å². The van der Waals surface area contributed by atoms with Gasteiger partial charge < -0.3 is 15.7 Å². The summed E-state index contributed by atoms with van der Waals surface area (Å²) in [4.78, 5) is 13.2. The summed E-state index contributed by atoms with van der Waals surface area (Å²) in [7, 11) is 0. The van der Waals surface area contributed by atoms with Crippen LogP contribution in [0.5, 0.6) is 0 Å². The summed E-state index contributed by atoms with van der Waals surface area (Å²) >= 11 is 0. The van der Waals surface area contributed by atoms with Crippen molar-refractivity contribution < 1.29 is 9.90 Å². The first-order valence-corrected chi connectivity index (χ1v) is 5.45. The third-order valence-corrected chi connectivity index (χ3v) is 3.02. The summed E-state index contributed by atoms with van der Waals surface area (Å²) in [6.07, 6.45) is 1.11. The van der Waals surface area contributed by atoms with Crippen LogP contribution in [0.3, 0.4) is 0 Å². The molecule has 4 nitrogen and oxygen atoms in total. The minimum atomic E-state index is -0.894. The monoisotopic (exact) mass is 220 g/mol. The quantitative estimate of drug-likeness (QED) is 0.746. The molecule has 4 heteroatoms. The highest BCUT2D eigenvalue weighted by atomic mass is 16.4. The van der Waals surface area contributed by atoms with Crippen LogP contribution in [0, 0.1) is 5.92 Å². The van der Waals surface area contributed by atoms with Crippen molar-refractivity contribution in [3.63, 3.8) is 0 Å². The Bertz CT molecular complexity index is 417. The second kappa shape index (κ2) is 4.04. The molecule has 86 valence electrons. The third-order valence-electron chi connectivity index (χ3n) is 3.02. The number of carboxylic acids is 1. The summed E-state index contributed by atoms with van der Waals surface area (Å²) < 4.78 is 0. The molecule has 0 amide bonds. The van der Waals surface area contributed by atoms with Gasteiger partial charge in [-0.2, -0.15) is 0 Å². The first-order chi connectivity index (χ1) is 7.58. The van der Waals surface area contributed by atoms with Crippen molar-refractivity contribution in [3.8, 4) is 0 Å². The summed E-state index contributed by atoms with van der Waals surface area (Å²) in [6, 6.07) is 4.96. The van der Waals surface area contributed by atoms with Gasteiger partial charge in [0.1, 0.15) is 0 Å². The van der Waals surface area contributed by atoms with Crippen molar-refractivity contribution in [2.24, 2.45) is 5.92 Å². The number of anilines is 2. The van der Waals surface area contributed by atoms with Crippen LogP contribution in [-0.4, -0.2) is 24.2 Å². The molecule has 0 spiro atoms. The van der Waals surface area contributed by atoms with Gasteiger partial charge >= 0.3 is 5.97 Å². The number of carboxylic acid groups (broad SMARTS) is 1. The van der Waals surface area contributed by atoms with E-state index in [-0.39, 0.29) is 0 Å². The molecule has 1 saturated heterocycles. The molecule has 0 aromatic heterocycles. The number of rotatable bonds is 2. The fourth-order valence-electron chi connectivity index (χ4n) is 2.14. The Kier molecular flexibility index (Phi) is 2.73. The van der Waals surface area contributed by atoms with E-state index >= 15 is 0 Å². The van der Waals surface area contributed by atoms with Crippen LogP contribution in [0.2, 0.25) is 0 Å². The standard InChI is InChI=1S/C12H16N2O2/c1-8-4-5-14(7-8)11-6-9(13)2-3-10(11)12(15)16/h2-3,6,8H,4-5,7,13H2,1H3,(H,15,16). The molecule has 1 atom stereocenters. The van der Waals surface area contributed by atoms with Gasteiger partial charge in [-0.15, -0.1) is 0 Å². The maximum atomic E-state index is 11.1. The molecule has 1 aromatic carbocycles. The second-order valence-electron chi connectivity index (χ2n) is 4.42. The van der Waals surface area contributed by atoms with E-state index in [1.165, 1.54) is 0 Å². The lowest BCUT2D eigenvalue weighted by Crippen LogP contribution is -2.22. The van der Waals surface area contributed by atoms with Gasteiger partial charge in [-0.05, 0) is 30.5 Å². The van der Waals surface area contributed by atoms with Crippen molar-refractivity contribution in [3.05, 3.63) is 23.8 Å². The van der Waals surface area contributed by atoms with Crippen LogP contribution >= 0.6 is 0 Å². The molecule has 0 bridgehead atoms. The van der Waals surface area contributed by atoms with E-state index in [1.807, 2.05) is 0 Å². The Morgan fingerprint density at radius 2 is 2.31 bits per heavy atom. The van der Waals surface area contributed by atoms with Gasteiger partial charge in [0.2, 0.25) is 0 Å². The van der Waals surface area contributed by atoms with E-state index < -0.39 is 5.97 Å². The predicted octanol–water partition coefficient (Wildman–Crippen LogP) is 1.81. The summed E-state index contributed by atoms with van der Waals surface area (Å²) in [5, 5.41) is 9.12. The Hall–Kier alpha value is -1.71. The van der Waals surface area contributed by atoms with Crippen LogP contribution in [0.25, 0.3) is 0 Å². The predicted molar refractivity (Wildman–Crippen MR) is 63.8 cm³/mol. The van der Waals surface area contributed by atoms with Gasteiger partial charge in [0.15, 0.2) is 0 Å². The molecule has 1 aromatic rings. The fraction of sp³-hybridized carbons (Fsp3) is 0.417.